The number of carbonyl (C=O) groups is 2. The van der Waals surface area contributed by atoms with Gasteiger partial charge in [-0.3, -0.25) is 19.4 Å². The van der Waals surface area contributed by atoms with Gasteiger partial charge < -0.3 is 19.7 Å². The number of nitrogens with one attached hydrogen (secondary N) is 1. The smallest absolute Gasteiger partial charge is 0.251 e. The summed E-state index contributed by atoms with van der Waals surface area (Å²) in [7, 11) is 4.94. The van der Waals surface area contributed by atoms with Gasteiger partial charge in [-0.05, 0) is 44.7 Å². The second-order valence-corrected chi connectivity index (χ2v) is 11.7. The van der Waals surface area contributed by atoms with E-state index in [1.807, 2.05) is 6.07 Å². The summed E-state index contributed by atoms with van der Waals surface area (Å²) in [6.45, 7) is 3.37. The van der Waals surface area contributed by atoms with Crippen LogP contribution in [0.5, 0.6) is 11.5 Å². The first-order chi connectivity index (χ1) is 20.6. The highest BCUT2D eigenvalue weighted by Gasteiger charge is 2.51. The molecule has 3 aliphatic rings. The lowest BCUT2D eigenvalue weighted by Gasteiger charge is -2.33. The normalized spacial score (nSPS) is 25.0. The van der Waals surface area contributed by atoms with E-state index >= 15 is 8.78 Å². The highest BCUT2D eigenvalue weighted by Crippen LogP contribution is 2.42. The number of nitrogens with zero attached hydrogens (tertiary/aromatic N) is 4. The minimum Gasteiger partial charge on any atom is -0.497 e. The SMILES string of the molecule is COc1cc(N2C[C@@H]3C[C@H]2CN3C)nc(N2C(=O)[C@@H](NC(=O)c3ccc(Cl)cc3)[C@H](c3c(F)cc(OC)cc3F)[C@H]2C)c1. The third kappa shape index (κ3) is 5.14. The number of methoxy groups -OCH3 is 2. The first-order valence-corrected chi connectivity index (χ1v) is 14.4. The zero-order valence-electron chi connectivity index (χ0n) is 24.2. The lowest BCUT2D eigenvalue weighted by atomic mass is 9.87. The quantitative estimate of drug-likeness (QED) is 0.428. The van der Waals surface area contributed by atoms with Gasteiger partial charge in [-0.15, -0.1) is 0 Å². The van der Waals surface area contributed by atoms with Crippen molar-refractivity contribution in [3.05, 3.63) is 76.3 Å². The molecular formula is C31H32ClF2N5O4. The summed E-state index contributed by atoms with van der Waals surface area (Å²) in [5.41, 5.74) is -0.0814. The lowest BCUT2D eigenvalue weighted by molar-refractivity contribution is -0.118. The zero-order valence-corrected chi connectivity index (χ0v) is 24.9. The van der Waals surface area contributed by atoms with Crippen LogP contribution in [0.3, 0.4) is 0 Å². The van der Waals surface area contributed by atoms with Crippen LogP contribution in [0, 0.1) is 11.6 Å². The number of likely N-dealkylation sites (tertiary alicyclic amines) is 1. The monoisotopic (exact) mass is 611 g/mol. The van der Waals surface area contributed by atoms with Gasteiger partial charge in [0.05, 0.1) is 14.2 Å². The van der Waals surface area contributed by atoms with Crippen molar-refractivity contribution in [3.63, 3.8) is 0 Å². The molecule has 0 unspecified atom stereocenters. The number of amides is 2. The summed E-state index contributed by atoms with van der Waals surface area (Å²) in [6.07, 6.45) is 1.01. The molecule has 0 saturated carbocycles. The molecule has 0 aliphatic carbocycles. The van der Waals surface area contributed by atoms with Crippen LogP contribution in [-0.4, -0.2) is 80.2 Å². The summed E-state index contributed by atoms with van der Waals surface area (Å²) in [5, 5.41) is 3.17. The molecule has 4 heterocycles. The Morgan fingerprint density at radius 3 is 2.19 bits per heavy atom. The van der Waals surface area contributed by atoms with Crippen LogP contribution in [0.2, 0.25) is 5.02 Å². The first-order valence-electron chi connectivity index (χ1n) is 14.0. The van der Waals surface area contributed by atoms with E-state index in [1.165, 1.54) is 31.3 Å². The number of pyridine rings is 1. The highest BCUT2D eigenvalue weighted by molar-refractivity contribution is 6.30. The molecule has 43 heavy (non-hydrogen) atoms. The van der Waals surface area contributed by atoms with Crippen LogP contribution in [0.1, 0.15) is 35.2 Å². The number of fused-ring (bicyclic) bond motifs is 2. The minimum atomic E-state index is -1.30. The molecule has 9 nitrogen and oxygen atoms in total. The van der Waals surface area contributed by atoms with Crippen LogP contribution < -0.4 is 24.6 Å². The summed E-state index contributed by atoms with van der Waals surface area (Å²) in [4.78, 5) is 38.3. The number of hydrogen-bond donors (Lipinski definition) is 1. The molecule has 2 aromatic carbocycles. The number of aromatic nitrogens is 1. The summed E-state index contributed by atoms with van der Waals surface area (Å²) < 4.78 is 41.7. The Morgan fingerprint density at radius 1 is 0.977 bits per heavy atom. The van der Waals surface area contributed by atoms with Crippen molar-refractivity contribution < 1.29 is 27.8 Å². The number of rotatable bonds is 7. The van der Waals surface area contributed by atoms with Gasteiger partial charge in [0.1, 0.15) is 40.8 Å². The van der Waals surface area contributed by atoms with Gasteiger partial charge in [0, 0.05) is 77.5 Å². The van der Waals surface area contributed by atoms with Crippen LogP contribution >= 0.6 is 11.6 Å². The molecular weight excluding hydrogens is 580 g/mol. The molecule has 226 valence electrons. The predicted octanol–water partition coefficient (Wildman–Crippen LogP) is 4.24. The van der Waals surface area contributed by atoms with Gasteiger partial charge in [0.25, 0.3) is 11.8 Å². The number of ether oxygens (including phenoxy) is 2. The van der Waals surface area contributed by atoms with E-state index < -0.39 is 41.5 Å². The molecule has 2 amide bonds. The second-order valence-electron chi connectivity index (χ2n) is 11.3. The molecule has 3 fully saturated rings. The van der Waals surface area contributed by atoms with Crippen molar-refractivity contribution in [1.29, 1.82) is 0 Å². The Kier molecular flexibility index (Phi) is 7.64. The van der Waals surface area contributed by atoms with E-state index in [4.69, 9.17) is 26.1 Å². The van der Waals surface area contributed by atoms with Gasteiger partial charge in [0.2, 0.25) is 0 Å². The van der Waals surface area contributed by atoms with Gasteiger partial charge in [-0.2, -0.15) is 0 Å². The van der Waals surface area contributed by atoms with Crippen molar-refractivity contribution in [2.75, 3.05) is 44.2 Å². The Morgan fingerprint density at radius 2 is 1.60 bits per heavy atom. The fourth-order valence-corrected chi connectivity index (χ4v) is 6.79. The average Bonchev–Trinajstić information content (AvgIpc) is 3.64. The number of benzene rings is 2. The fraction of sp³-hybridized carbons (Fsp3) is 0.387. The lowest BCUT2D eigenvalue weighted by Crippen LogP contribution is -2.45. The molecule has 2 bridgehead atoms. The molecule has 3 aromatic rings. The number of hydrogen-bond acceptors (Lipinski definition) is 7. The number of piperazine rings is 1. The molecule has 0 spiro atoms. The largest absolute Gasteiger partial charge is 0.497 e. The Balaban J connectivity index is 1.41. The molecule has 5 atom stereocenters. The number of carbonyl (C=O) groups excluding carboxylic acids is 2. The first kappa shape index (κ1) is 29.1. The number of likely N-dealkylation sites (N-methyl/N-ethyl adjacent to an activating group) is 1. The van der Waals surface area contributed by atoms with E-state index in [-0.39, 0.29) is 28.7 Å². The van der Waals surface area contributed by atoms with Gasteiger partial charge in [-0.1, -0.05) is 11.6 Å². The minimum absolute atomic E-state index is 0.000932. The van der Waals surface area contributed by atoms with Crippen molar-refractivity contribution in [2.24, 2.45) is 0 Å². The summed E-state index contributed by atoms with van der Waals surface area (Å²) >= 11 is 5.98. The van der Waals surface area contributed by atoms with Crippen molar-refractivity contribution >= 4 is 35.1 Å². The zero-order chi connectivity index (χ0) is 30.6. The van der Waals surface area contributed by atoms with E-state index in [9.17, 15) is 9.59 Å². The van der Waals surface area contributed by atoms with Gasteiger partial charge in [-0.25, -0.2) is 13.8 Å². The van der Waals surface area contributed by atoms with Crippen molar-refractivity contribution in [3.8, 4) is 11.5 Å². The second kappa shape index (κ2) is 11.3. The highest BCUT2D eigenvalue weighted by atomic mass is 35.5. The molecule has 1 aromatic heterocycles. The maximum atomic E-state index is 15.5. The summed E-state index contributed by atoms with van der Waals surface area (Å²) in [5.74, 6) is -2.59. The van der Waals surface area contributed by atoms with E-state index in [0.717, 1.165) is 31.6 Å². The van der Waals surface area contributed by atoms with Crippen LogP contribution in [-0.2, 0) is 4.79 Å². The summed E-state index contributed by atoms with van der Waals surface area (Å²) in [6, 6.07) is 10.3. The average molecular weight is 612 g/mol. The van der Waals surface area contributed by atoms with E-state index in [0.29, 0.717) is 22.6 Å². The van der Waals surface area contributed by atoms with Gasteiger partial charge in [0.15, 0.2) is 0 Å². The molecule has 6 rings (SSSR count). The topological polar surface area (TPSA) is 87.2 Å². The van der Waals surface area contributed by atoms with Crippen molar-refractivity contribution in [1.82, 2.24) is 15.2 Å². The predicted molar refractivity (Wildman–Crippen MR) is 158 cm³/mol. The Labute approximate surface area is 253 Å². The molecule has 1 N–H and O–H groups in total. The number of halogens is 3. The van der Waals surface area contributed by atoms with Crippen LogP contribution in [0.25, 0.3) is 0 Å². The maximum Gasteiger partial charge on any atom is 0.251 e. The van der Waals surface area contributed by atoms with Crippen LogP contribution in [0.15, 0.2) is 48.5 Å². The van der Waals surface area contributed by atoms with Crippen molar-refractivity contribution in [2.45, 2.75) is 43.4 Å². The number of anilines is 2. The molecule has 3 saturated heterocycles. The molecule has 0 radical (unpaired) electrons. The molecule has 3 aliphatic heterocycles. The van der Waals surface area contributed by atoms with Crippen LogP contribution in [0.4, 0.5) is 20.4 Å². The Bertz CT molecular complexity index is 1550. The fourth-order valence-electron chi connectivity index (χ4n) is 6.66. The van der Waals surface area contributed by atoms with E-state index in [2.05, 4.69) is 22.2 Å². The third-order valence-corrected chi connectivity index (χ3v) is 9.12. The third-order valence-electron chi connectivity index (χ3n) is 8.87. The molecule has 12 heteroatoms. The van der Waals surface area contributed by atoms with E-state index in [1.54, 1.807) is 25.1 Å². The maximum absolute atomic E-state index is 15.5. The Hall–Kier alpha value is -3.96. The standard InChI is InChI=1S/C31H32ClF2N5O4/c1-16-27(28-23(33)10-21(42-3)11-24(28)34)29(36-30(40)17-5-7-18(32)8-6-17)31(41)39(16)26-13-22(43-4)12-25(35-26)38-15-19-9-20(38)14-37(19)2/h5-8,10-13,16,19-20,27,29H,9,14-15H2,1-4H3,(H,36,40)/t16-,19+,20+,27+,29+/m1/s1. The van der Waals surface area contributed by atoms with Gasteiger partial charge >= 0.3 is 0 Å².